The Morgan fingerprint density at radius 1 is 1.24 bits per heavy atom. The fourth-order valence-corrected chi connectivity index (χ4v) is 2.85. The summed E-state index contributed by atoms with van der Waals surface area (Å²) in [5.74, 6) is 1.61. The van der Waals surface area contributed by atoms with E-state index in [2.05, 4.69) is 53.8 Å². The highest BCUT2D eigenvalue weighted by Crippen LogP contribution is 2.23. The van der Waals surface area contributed by atoms with Crippen molar-refractivity contribution in [3.05, 3.63) is 65.4 Å². The van der Waals surface area contributed by atoms with Gasteiger partial charge in [0.25, 0.3) is 0 Å². The smallest absolute Gasteiger partial charge is 0.125 e. The molecule has 5 heteroatoms. The van der Waals surface area contributed by atoms with Crippen LogP contribution in [0, 0.1) is 6.92 Å². The number of benzene rings is 1. The largest absolute Gasteiger partial charge is 0.491 e. The lowest BCUT2D eigenvalue weighted by Gasteiger charge is -2.13. The molecule has 0 fully saturated rings. The molecule has 29 heavy (non-hydrogen) atoms. The lowest BCUT2D eigenvalue weighted by Crippen LogP contribution is -2.29. The van der Waals surface area contributed by atoms with Crippen LogP contribution >= 0.6 is 0 Å². The molecule has 5 nitrogen and oxygen atoms in total. The zero-order valence-corrected chi connectivity index (χ0v) is 17.9. The van der Waals surface area contributed by atoms with Crippen LogP contribution in [0.3, 0.4) is 0 Å². The minimum atomic E-state index is -0.531. The standard InChI is InChI=1S/C24H33N3O2/c1-5-6-7-19(21-11-13-24(26-4)27-15-21)9-10-20-14-23(12-8-18(20)2)29-17-22(28)16-25-3/h7-15,22,25,28H,5-6,16-17H2,1-4H3,(H,26,27)/b10-9-,19-7-. The molecule has 0 aliphatic rings. The van der Waals surface area contributed by atoms with Crippen molar-refractivity contribution in [2.75, 3.05) is 32.6 Å². The first-order valence-electron chi connectivity index (χ1n) is 10.2. The summed E-state index contributed by atoms with van der Waals surface area (Å²) in [6.45, 7) is 5.02. The molecule has 0 saturated carbocycles. The maximum Gasteiger partial charge on any atom is 0.125 e. The van der Waals surface area contributed by atoms with Crippen molar-refractivity contribution >= 4 is 17.5 Å². The maximum absolute atomic E-state index is 9.84. The molecule has 3 N–H and O–H groups in total. The number of hydrogen-bond acceptors (Lipinski definition) is 5. The van der Waals surface area contributed by atoms with Crippen molar-refractivity contribution in [2.24, 2.45) is 0 Å². The van der Waals surface area contributed by atoms with Crippen LogP contribution in [0.25, 0.3) is 11.6 Å². The van der Waals surface area contributed by atoms with Crippen LogP contribution in [-0.4, -0.2) is 43.4 Å². The number of pyridine rings is 1. The monoisotopic (exact) mass is 395 g/mol. The van der Waals surface area contributed by atoms with E-state index in [1.807, 2.05) is 44.6 Å². The summed E-state index contributed by atoms with van der Waals surface area (Å²) < 4.78 is 5.74. The number of anilines is 1. The van der Waals surface area contributed by atoms with Gasteiger partial charge in [-0.05, 0) is 66.9 Å². The minimum Gasteiger partial charge on any atom is -0.491 e. The van der Waals surface area contributed by atoms with Gasteiger partial charge in [0, 0.05) is 19.8 Å². The number of unbranched alkanes of at least 4 members (excludes halogenated alkanes) is 1. The van der Waals surface area contributed by atoms with Gasteiger partial charge < -0.3 is 20.5 Å². The second-order valence-corrected chi connectivity index (χ2v) is 7.00. The molecule has 0 amide bonds. The van der Waals surface area contributed by atoms with Crippen LogP contribution in [0.2, 0.25) is 0 Å². The predicted molar refractivity (Wildman–Crippen MR) is 122 cm³/mol. The molecule has 0 aliphatic heterocycles. The van der Waals surface area contributed by atoms with Gasteiger partial charge in [-0.15, -0.1) is 0 Å². The molecular weight excluding hydrogens is 362 g/mol. The first kappa shape index (κ1) is 22.7. The summed E-state index contributed by atoms with van der Waals surface area (Å²) >= 11 is 0. The Morgan fingerprint density at radius 2 is 2.07 bits per heavy atom. The van der Waals surface area contributed by atoms with Gasteiger partial charge >= 0.3 is 0 Å². The van der Waals surface area contributed by atoms with Crippen molar-refractivity contribution in [3.8, 4) is 5.75 Å². The summed E-state index contributed by atoms with van der Waals surface area (Å²) in [6, 6.07) is 10.1. The average molecular weight is 396 g/mol. The highest BCUT2D eigenvalue weighted by atomic mass is 16.5. The number of nitrogens with zero attached hydrogens (tertiary/aromatic N) is 1. The molecule has 1 atom stereocenters. The SMILES string of the molecule is CCC/C=C(/C=C\c1cc(OCC(O)CNC)ccc1C)c1ccc(NC)nc1. The number of aryl methyl sites for hydroxylation is 1. The van der Waals surface area contributed by atoms with Crippen LogP contribution in [-0.2, 0) is 0 Å². The van der Waals surface area contributed by atoms with Crippen molar-refractivity contribution in [3.63, 3.8) is 0 Å². The van der Waals surface area contributed by atoms with Gasteiger partial charge in [0.2, 0.25) is 0 Å². The van der Waals surface area contributed by atoms with E-state index < -0.39 is 6.10 Å². The number of allylic oxidation sites excluding steroid dienone is 3. The van der Waals surface area contributed by atoms with Crippen molar-refractivity contribution in [1.82, 2.24) is 10.3 Å². The second-order valence-electron chi connectivity index (χ2n) is 7.00. The normalized spacial score (nSPS) is 12.9. The van der Waals surface area contributed by atoms with Crippen LogP contribution in [0.4, 0.5) is 5.82 Å². The Kier molecular flexibility index (Phi) is 9.41. The molecule has 2 rings (SSSR count). The van der Waals surface area contributed by atoms with Crippen LogP contribution in [0.5, 0.6) is 5.75 Å². The maximum atomic E-state index is 9.84. The van der Waals surface area contributed by atoms with Crippen LogP contribution in [0.1, 0.15) is 36.5 Å². The fraction of sp³-hybridized carbons (Fsp3) is 0.375. The van der Waals surface area contributed by atoms with E-state index in [1.165, 1.54) is 5.56 Å². The summed E-state index contributed by atoms with van der Waals surface area (Å²) in [6.07, 6.45) is 9.96. The molecule has 0 bridgehead atoms. The molecule has 1 aromatic carbocycles. The summed E-state index contributed by atoms with van der Waals surface area (Å²) in [5.41, 5.74) is 4.50. The lowest BCUT2D eigenvalue weighted by molar-refractivity contribution is 0.108. The van der Waals surface area contributed by atoms with E-state index in [9.17, 15) is 5.11 Å². The molecule has 2 aromatic rings. The molecule has 0 radical (unpaired) electrons. The molecule has 1 aromatic heterocycles. The van der Waals surface area contributed by atoms with Crippen molar-refractivity contribution in [2.45, 2.75) is 32.8 Å². The van der Waals surface area contributed by atoms with Gasteiger partial charge in [0.15, 0.2) is 0 Å². The van der Waals surface area contributed by atoms with E-state index in [1.54, 1.807) is 0 Å². The summed E-state index contributed by atoms with van der Waals surface area (Å²) in [5, 5.41) is 15.8. The van der Waals surface area contributed by atoms with Crippen molar-refractivity contribution < 1.29 is 9.84 Å². The van der Waals surface area contributed by atoms with Crippen molar-refractivity contribution in [1.29, 1.82) is 0 Å². The van der Waals surface area contributed by atoms with Gasteiger partial charge in [0.05, 0.1) is 0 Å². The van der Waals surface area contributed by atoms with Gasteiger partial charge in [-0.1, -0.05) is 37.6 Å². The fourth-order valence-electron chi connectivity index (χ4n) is 2.85. The Morgan fingerprint density at radius 3 is 2.72 bits per heavy atom. The second kappa shape index (κ2) is 12.0. The Bertz CT molecular complexity index is 813. The van der Waals surface area contributed by atoms with E-state index in [0.29, 0.717) is 6.54 Å². The number of aliphatic hydroxyl groups is 1. The Balaban J connectivity index is 2.19. The third-order valence-corrected chi connectivity index (χ3v) is 4.58. The number of likely N-dealkylation sites (N-methyl/N-ethyl adjacent to an activating group) is 1. The quantitative estimate of drug-likeness (QED) is 0.495. The first-order chi connectivity index (χ1) is 14.1. The molecule has 1 unspecified atom stereocenters. The number of nitrogens with one attached hydrogen (secondary N) is 2. The summed E-state index contributed by atoms with van der Waals surface area (Å²) in [7, 11) is 3.68. The molecule has 156 valence electrons. The highest BCUT2D eigenvalue weighted by molar-refractivity contribution is 5.79. The first-order valence-corrected chi connectivity index (χ1v) is 10.2. The molecule has 0 spiro atoms. The topological polar surface area (TPSA) is 66.4 Å². The third-order valence-electron chi connectivity index (χ3n) is 4.58. The lowest BCUT2D eigenvalue weighted by atomic mass is 10.0. The molecule has 0 aliphatic carbocycles. The number of aliphatic hydroxyl groups excluding tert-OH is 1. The van der Waals surface area contributed by atoms with E-state index >= 15 is 0 Å². The zero-order chi connectivity index (χ0) is 21.1. The van der Waals surface area contributed by atoms with Gasteiger partial charge in [-0.25, -0.2) is 4.98 Å². The van der Waals surface area contributed by atoms with Gasteiger partial charge in [-0.2, -0.15) is 0 Å². The number of hydrogen-bond donors (Lipinski definition) is 3. The van der Waals surface area contributed by atoms with Crippen LogP contribution < -0.4 is 15.4 Å². The molecular formula is C24H33N3O2. The highest BCUT2D eigenvalue weighted by Gasteiger charge is 2.05. The third kappa shape index (κ3) is 7.37. The van der Waals surface area contributed by atoms with Gasteiger partial charge in [0.1, 0.15) is 24.3 Å². The minimum absolute atomic E-state index is 0.262. The average Bonchev–Trinajstić information content (AvgIpc) is 2.74. The number of aromatic nitrogens is 1. The summed E-state index contributed by atoms with van der Waals surface area (Å²) in [4.78, 5) is 4.43. The van der Waals surface area contributed by atoms with Gasteiger partial charge in [-0.3, -0.25) is 0 Å². The Hall–Kier alpha value is -2.63. The van der Waals surface area contributed by atoms with Crippen LogP contribution in [0.15, 0.2) is 48.7 Å². The number of ether oxygens (including phenoxy) is 1. The number of rotatable bonds is 11. The van der Waals surface area contributed by atoms with E-state index in [0.717, 1.165) is 41.1 Å². The van der Waals surface area contributed by atoms with E-state index in [4.69, 9.17) is 4.74 Å². The Labute approximate surface area is 174 Å². The predicted octanol–water partition coefficient (Wildman–Crippen LogP) is 4.29. The van der Waals surface area contributed by atoms with E-state index in [-0.39, 0.29) is 6.61 Å². The molecule has 0 saturated heterocycles. The molecule has 1 heterocycles. The zero-order valence-electron chi connectivity index (χ0n) is 17.9.